The Morgan fingerprint density at radius 2 is 1.86 bits per heavy atom. The number of aromatic nitrogens is 3. The molecule has 1 aliphatic rings. The quantitative estimate of drug-likeness (QED) is 0.623. The van der Waals surface area contributed by atoms with Gasteiger partial charge in [0.1, 0.15) is 0 Å². The number of hydrogen-bond donors (Lipinski definition) is 2. The van der Waals surface area contributed by atoms with Crippen LogP contribution < -0.4 is 5.32 Å². The summed E-state index contributed by atoms with van der Waals surface area (Å²) in [4.78, 5) is 14.5. The Bertz CT molecular complexity index is 1000. The molecule has 29 heavy (non-hydrogen) atoms. The maximum absolute atomic E-state index is 12.8. The Labute approximate surface area is 175 Å². The predicted molar refractivity (Wildman–Crippen MR) is 111 cm³/mol. The molecule has 2 N–H and O–H groups in total. The third-order valence-electron chi connectivity index (χ3n) is 4.95. The Kier molecular flexibility index (Phi) is 6.83. The number of aryl methyl sites for hydroxylation is 1. The molecule has 1 saturated heterocycles. The van der Waals surface area contributed by atoms with Crippen LogP contribution in [0.25, 0.3) is 0 Å². The number of sulfonamides is 1. The van der Waals surface area contributed by atoms with Gasteiger partial charge in [-0.2, -0.15) is 9.40 Å². The fraction of sp³-hybridized carbons (Fsp3) is 0.500. The lowest BCUT2D eigenvalue weighted by Crippen LogP contribution is -2.51. The van der Waals surface area contributed by atoms with Crippen molar-refractivity contribution in [3.05, 3.63) is 40.4 Å². The van der Waals surface area contributed by atoms with Crippen LogP contribution in [0, 0.1) is 11.7 Å². The van der Waals surface area contributed by atoms with Gasteiger partial charge >= 0.3 is 0 Å². The first kappa shape index (κ1) is 21.6. The fourth-order valence-electron chi connectivity index (χ4n) is 3.24. The second-order valence-electron chi connectivity index (χ2n) is 6.96. The van der Waals surface area contributed by atoms with Crippen LogP contribution in [0.1, 0.15) is 18.3 Å². The lowest BCUT2D eigenvalue weighted by Gasteiger charge is -2.33. The second-order valence-corrected chi connectivity index (χ2v) is 9.28. The minimum Gasteiger partial charge on any atom is -0.348 e. The van der Waals surface area contributed by atoms with Crippen LogP contribution in [-0.4, -0.2) is 71.0 Å². The van der Waals surface area contributed by atoms with Crippen molar-refractivity contribution in [1.82, 2.24) is 29.3 Å². The van der Waals surface area contributed by atoms with Gasteiger partial charge in [-0.05, 0) is 38.2 Å². The van der Waals surface area contributed by atoms with E-state index < -0.39 is 10.0 Å². The lowest BCUT2D eigenvalue weighted by molar-refractivity contribution is -0.122. The molecule has 1 fully saturated rings. The Hall–Kier alpha value is -2.08. The molecule has 1 aliphatic heterocycles. The molecular formula is C18H26N6O3S2. The van der Waals surface area contributed by atoms with E-state index in [1.807, 2.05) is 23.3 Å². The zero-order valence-corrected chi connectivity index (χ0v) is 18.2. The van der Waals surface area contributed by atoms with E-state index in [4.69, 9.17) is 12.2 Å². The van der Waals surface area contributed by atoms with Crippen molar-refractivity contribution in [2.45, 2.75) is 31.8 Å². The normalized spacial score (nSPS) is 16.1. The first-order valence-corrected chi connectivity index (χ1v) is 11.4. The maximum Gasteiger partial charge on any atom is 0.243 e. The maximum atomic E-state index is 12.8. The van der Waals surface area contributed by atoms with E-state index in [9.17, 15) is 13.2 Å². The Morgan fingerprint density at radius 3 is 2.48 bits per heavy atom. The van der Waals surface area contributed by atoms with Crippen molar-refractivity contribution in [1.29, 1.82) is 0 Å². The van der Waals surface area contributed by atoms with Crippen LogP contribution in [0.15, 0.2) is 29.2 Å². The third kappa shape index (κ3) is 5.10. The highest BCUT2D eigenvalue weighted by Crippen LogP contribution is 2.18. The zero-order valence-electron chi connectivity index (χ0n) is 16.6. The largest absolute Gasteiger partial charge is 0.348 e. The molecule has 9 nitrogen and oxygen atoms in total. The summed E-state index contributed by atoms with van der Waals surface area (Å²) >= 11 is 5.14. The van der Waals surface area contributed by atoms with Crippen molar-refractivity contribution in [3.8, 4) is 0 Å². The van der Waals surface area contributed by atoms with Gasteiger partial charge in [0.05, 0.1) is 18.0 Å². The number of aromatic amines is 1. The van der Waals surface area contributed by atoms with Gasteiger partial charge in [0.25, 0.3) is 0 Å². The van der Waals surface area contributed by atoms with Crippen molar-refractivity contribution in [3.63, 3.8) is 0 Å². The molecule has 0 unspecified atom stereocenters. The number of amides is 1. The van der Waals surface area contributed by atoms with E-state index in [1.54, 1.807) is 24.3 Å². The molecule has 1 amide bonds. The molecule has 0 aliphatic carbocycles. The summed E-state index contributed by atoms with van der Waals surface area (Å²) in [5, 5.41) is 9.69. The number of hydrogen-bond acceptors (Lipinski definition) is 6. The summed E-state index contributed by atoms with van der Waals surface area (Å²) in [5.74, 6) is 0.552. The summed E-state index contributed by atoms with van der Waals surface area (Å²) < 4.78 is 29.3. The number of carbonyl (C=O) groups is 1. The molecule has 1 aromatic heterocycles. The van der Waals surface area contributed by atoms with Gasteiger partial charge in [0, 0.05) is 32.7 Å². The Balaban J connectivity index is 1.49. The molecule has 158 valence electrons. The number of carbonyl (C=O) groups excluding carboxylic acids is 1. The molecular weight excluding hydrogens is 412 g/mol. The highest BCUT2D eigenvalue weighted by Gasteiger charge is 2.29. The van der Waals surface area contributed by atoms with E-state index in [1.165, 1.54) is 4.31 Å². The van der Waals surface area contributed by atoms with Crippen LogP contribution in [0.3, 0.4) is 0 Å². The summed E-state index contributed by atoms with van der Waals surface area (Å²) in [6.07, 6.45) is 0. The molecule has 0 saturated carbocycles. The summed E-state index contributed by atoms with van der Waals surface area (Å²) in [6, 6.07) is 6.86. The van der Waals surface area contributed by atoms with Gasteiger partial charge in [-0.25, -0.2) is 8.42 Å². The molecule has 11 heteroatoms. The number of rotatable bonds is 7. The Morgan fingerprint density at radius 1 is 1.21 bits per heavy atom. The van der Waals surface area contributed by atoms with Gasteiger partial charge in [0.2, 0.25) is 15.9 Å². The van der Waals surface area contributed by atoms with Crippen molar-refractivity contribution >= 4 is 28.1 Å². The van der Waals surface area contributed by atoms with Crippen LogP contribution in [0.4, 0.5) is 0 Å². The molecule has 0 atom stereocenters. The number of piperazine rings is 1. The third-order valence-corrected chi connectivity index (χ3v) is 7.18. The second kappa shape index (κ2) is 9.16. The van der Waals surface area contributed by atoms with Crippen LogP contribution in [-0.2, 0) is 27.9 Å². The molecule has 0 bridgehead atoms. The van der Waals surface area contributed by atoms with Crippen molar-refractivity contribution in [2.75, 3.05) is 32.7 Å². The number of nitrogens with one attached hydrogen (secondary N) is 2. The molecule has 0 radical (unpaired) electrons. The van der Waals surface area contributed by atoms with Gasteiger partial charge in [0.15, 0.2) is 10.6 Å². The molecule has 0 spiro atoms. The summed E-state index contributed by atoms with van der Waals surface area (Å²) in [6.45, 7) is 6.80. The SMILES string of the molecule is CCn1c(CNC(=O)CN2CCN(S(=O)(=O)c3ccc(C)cc3)CC2)n[nH]c1=S. The standard InChI is InChI=1S/C18H26N6O3S2/c1-3-24-16(20-21-18(24)28)12-19-17(25)13-22-8-10-23(11-9-22)29(26,27)15-6-4-14(2)5-7-15/h4-7H,3,8-13H2,1-2H3,(H,19,25)(H,21,28). The summed E-state index contributed by atoms with van der Waals surface area (Å²) in [5.41, 5.74) is 1.02. The highest BCUT2D eigenvalue weighted by atomic mass is 32.2. The van der Waals surface area contributed by atoms with Gasteiger partial charge in [-0.1, -0.05) is 17.7 Å². The number of benzene rings is 1. The minimum absolute atomic E-state index is 0.128. The van der Waals surface area contributed by atoms with Crippen LogP contribution in [0.5, 0.6) is 0 Å². The average Bonchev–Trinajstić information content (AvgIpc) is 3.06. The van der Waals surface area contributed by atoms with Crippen LogP contribution >= 0.6 is 12.2 Å². The van der Waals surface area contributed by atoms with E-state index in [2.05, 4.69) is 15.5 Å². The minimum atomic E-state index is -3.50. The van der Waals surface area contributed by atoms with Gasteiger partial charge in [-0.3, -0.25) is 14.8 Å². The predicted octanol–water partition coefficient (Wildman–Crippen LogP) is 0.892. The van der Waals surface area contributed by atoms with E-state index in [0.717, 1.165) is 5.56 Å². The topological polar surface area (TPSA) is 103 Å². The molecule has 3 rings (SSSR count). The summed E-state index contributed by atoms with van der Waals surface area (Å²) in [7, 11) is -3.50. The molecule has 2 aromatic rings. The van der Waals surface area contributed by atoms with Crippen molar-refractivity contribution in [2.24, 2.45) is 0 Å². The van der Waals surface area contributed by atoms with Crippen LogP contribution in [0.2, 0.25) is 0 Å². The number of H-pyrrole nitrogens is 1. The number of nitrogens with zero attached hydrogens (tertiary/aromatic N) is 4. The fourth-order valence-corrected chi connectivity index (χ4v) is 4.94. The van der Waals surface area contributed by atoms with Gasteiger partial charge < -0.3 is 9.88 Å². The van der Waals surface area contributed by atoms with Crippen molar-refractivity contribution < 1.29 is 13.2 Å². The zero-order chi connectivity index (χ0) is 21.0. The van der Waals surface area contributed by atoms with E-state index in [0.29, 0.717) is 54.8 Å². The highest BCUT2D eigenvalue weighted by molar-refractivity contribution is 7.89. The van der Waals surface area contributed by atoms with Gasteiger partial charge in [-0.15, -0.1) is 0 Å². The smallest absolute Gasteiger partial charge is 0.243 e. The van der Waals surface area contributed by atoms with E-state index in [-0.39, 0.29) is 12.5 Å². The van der Waals surface area contributed by atoms with E-state index >= 15 is 0 Å². The monoisotopic (exact) mass is 438 g/mol. The molecule has 1 aromatic carbocycles. The first-order valence-electron chi connectivity index (χ1n) is 9.51. The first-order chi connectivity index (χ1) is 13.8. The average molecular weight is 439 g/mol. The lowest BCUT2D eigenvalue weighted by atomic mass is 10.2. The molecule has 2 heterocycles.